The van der Waals surface area contributed by atoms with Crippen molar-refractivity contribution < 1.29 is 13.2 Å². The molecule has 1 amide bonds. The summed E-state index contributed by atoms with van der Waals surface area (Å²) in [6.07, 6.45) is 2.75. The largest absolute Gasteiger partial charge is 0.321 e. The molecular weight excluding hydrogens is 312 g/mol. The fourth-order valence-electron chi connectivity index (χ4n) is 1.29. The number of sulfonamides is 1. The zero-order valence-electron chi connectivity index (χ0n) is 11.0. The minimum atomic E-state index is -3.73. The molecule has 0 atom stereocenters. The number of nitrogens with one attached hydrogen (secondary N) is 2. The van der Waals surface area contributed by atoms with Crippen LogP contribution in [-0.2, 0) is 14.8 Å². The highest BCUT2D eigenvalue weighted by Crippen LogP contribution is 2.17. The molecule has 2 aromatic heterocycles. The molecule has 2 N–H and O–H groups in total. The number of aromatic nitrogens is 2. The van der Waals surface area contributed by atoms with Crippen LogP contribution in [0.1, 0.15) is 6.92 Å². The van der Waals surface area contributed by atoms with Crippen LogP contribution in [0.15, 0.2) is 46.4 Å². The van der Waals surface area contributed by atoms with E-state index in [2.05, 4.69) is 26.6 Å². The van der Waals surface area contributed by atoms with Gasteiger partial charge in [-0.3, -0.25) is 9.52 Å². The smallest absolute Gasteiger partial charge is 0.290 e. The van der Waals surface area contributed by atoms with Gasteiger partial charge in [-0.25, -0.2) is 9.97 Å². The Hall–Kier alpha value is -2.26. The summed E-state index contributed by atoms with van der Waals surface area (Å²) in [5.74, 6) is -0.188. The standard InChI is InChI=1S/C12H12N4O3S2/c1-8(2)11(17)15-9-3-4-10(14-7-9)16-21(18,19)12-13-5-6-20-12/h3-7H,1H2,2H3,(H,14,16)(H,15,17). The normalized spacial score (nSPS) is 10.9. The van der Waals surface area contributed by atoms with Crippen molar-refractivity contribution in [1.82, 2.24) is 9.97 Å². The van der Waals surface area contributed by atoms with Gasteiger partial charge in [0, 0.05) is 17.2 Å². The lowest BCUT2D eigenvalue weighted by molar-refractivity contribution is -0.112. The molecular formula is C12H12N4O3S2. The van der Waals surface area contributed by atoms with Gasteiger partial charge >= 0.3 is 0 Å². The van der Waals surface area contributed by atoms with Crippen LogP contribution in [0.25, 0.3) is 0 Å². The third-order valence-corrected chi connectivity index (χ3v) is 4.84. The lowest BCUT2D eigenvalue weighted by atomic mass is 10.3. The quantitative estimate of drug-likeness (QED) is 0.817. The first kappa shape index (κ1) is 15.1. The predicted octanol–water partition coefficient (Wildman–Crippen LogP) is 1.85. The van der Waals surface area contributed by atoms with Crippen molar-refractivity contribution in [3.05, 3.63) is 42.1 Å². The molecule has 2 heterocycles. The minimum absolute atomic E-state index is 0.0380. The van der Waals surface area contributed by atoms with Crippen LogP contribution in [0, 0.1) is 0 Å². The maximum absolute atomic E-state index is 11.9. The predicted molar refractivity (Wildman–Crippen MR) is 80.6 cm³/mol. The lowest BCUT2D eigenvalue weighted by Crippen LogP contribution is -2.14. The Balaban J connectivity index is 2.10. The second kappa shape index (κ2) is 6.02. The van der Waals surface area contributed by atoms with Gasteiger partial charge in [0.05, 0.1) is 11.9 Å². The highest BCUT2D eigenvalue weighted by atomic mass is 32.2. The molecule has 0 fully saturated rings. The zero-order valence-corrected chi connectivity index (χ0v) is 12.7. The summed E-state index contributed by atoms with van der Waals surface area (Å²) in [5.41, 5.74) is 0.809. The van der Waals surface area contributed by atoms with E-state index in [1.807, 2.05) is 0 Å². The number of anilines is 2. The molecule has 110 valence electrons. The number of carbonyl (C=O) groups is 1. The van der Waals surface area contributed by atoms with Crippen molar-refractivity contribution in [1.29, 1.82) is 0 Å². The van der Waals surface area contributed by atoms with Gasteiger partial charge in [0.25, 0.3) is 15.9 Å². The van der Waals surface area contributed by atoms with E-state index in [0.29, 0.717) is 11.3 Å². The Morgan fingerprint density at radius 3 is 2.62 bits per heavy atom. The molecule has 0 radical (unpaired) electrons. The fourth-order valence-corrected chi connectivity index (χ4v) is 3.13. The van der Waals surface area contributed by atoms with Crippen LogP contribution in [-0.4, -0.2) is 24.3 Å². The third-order valence-electron chi connectivity index (χ3n) is 2.29. The maximum Gasteiger partial charge on any atom is 0.290 e. The summed E-state index contributed by atoms with van der Waals surface area (Å²) in [7, 11) is -3.73. The van der Waals surface area contributed by atoms with Crippen molar-refractivity contribution in [2.75, 3.05) is 10.0 Å². The molecule has 0 saturated carbocycles. The summed E-state index contributed by atoms with van der Waals surface area (Å²) in [5, 5.41) is 4.14. The molecule has 0 aromatic carbocycles. The van der Waals surface area contributed by atoms with Crippen LogP contribution in [0.3, 0.4) is 0 Å². The summed E-state index contributed by atoms with van der Waals surface area (Å²) in [6.45, 7) is 5.10. The molecule has 9 heteroatoms. The Morgan fingerprint density at radius 2 is 2.10 bits per heavy atom. The van der Waals surface area contributed by atoms with E-state index in [4.69, 9.17) is 0 Å². The number of nitrogens with zero attached hydrogens (tertiary/aromatic N) is 2. The summed E-state index contributed by atoms with van der Waals surface area (Å²) < 4.78 is 26.1. The summed E-state index contributed by atoms with van der Waals surface area (Å²) in [4.78, 5) is 19.1. The highest BCUT2D eigenvalue weighted by molar-refractivity contribution is 7.94. The zero-order chi connectivity index (χ0) is 15.5. The van der Waals surface area contributed by atoms with Gasteiger partial charge in [0.1, 0.15) is 5.82 Å². The average molecular weight is 324 g/mol. The van der Waals surface area contributed by atoms with Crippen LogP contribution in [0.4, 0.5) is 11.5 Å². The fraction of sp³-hybridized carbons (Fsp3) is 0.0833. The number of rotatable bonds is 5. The Kier molecular flexibility index (Phi) is 4.34. The van der Waals surface area contributed by atoms with Gasteiger partial charge in [0.15, 0.2) is 0 Å². The molecule has 2 aromatic rings. The van der Waals surface area contributed by atoms with E-state index in [1.165, 1.54) is 24.5 Å². The van der Waals surface area contributed by atoms with Gasteiger partial charge in [-0.15, -0.1) is 11.3 Å². The van der Waals surface area contributed by atoms with Gasteiger partial charge in [-0.05, 0) is 19.1 Å². The molecule has 0 saturated heterocycles. The van der Waals surface area contributed by atoms with Gasteiger partial charge < -0.3 is 5.32 Å². The molecule has 0 unspecified atom stereocenters. The number of thiazole rings is 1. The molecule has 0 aliphatic rings. The maximum atomic E-state index is 11.9. The average Bonchev–Trinajstić information content (AvgIpc) is 2.95. The van der Waals surface area contributed by atoms with Crippen molar-refractivity contribution >= 4 is 38.8 Å². The number of amides is 1. The topological polar surface area (TPSA) is 101 Å². The van der Waals surface area contributed by atoms with Crippen LogP contribution < -0.4 is 10.0 Å². The van der Waals surface area contributed by atoms with Crippen molar-refractivity contribution in [3.63, 3.8) is 0 Å². The van der Waals surface area contributed by atoms with E-state index in [-0.39, 0.29) is 16.1 Å². The van der Waals surface area contributed by atoms with Crippen molar-refractivity contribution in [3.8, 4) is 0 Å². The van der Waals surface area contributed by atoms with E-state index >= 15 is 0 Å². The number of carbonyl (C=O) groups excluding carboxylic acids is 1. The first-order valence-electron chi connectivity index (χ1n) is 5.74. The van der Waals surface area contributed by atoms with Gasteiger partial charge in [-0.1, -0.05) is 6.58 Å². The van der Waals surface area contributed by atoms with E-state index < -0.39 is 10.0 Å². The molecule has 21 heavy (non-hydrogen) atoms. The SMILES string of the molecule is C=C(C)C(=O)Nc1ccc(NS(=O)(=O)c2nccs2)nc1. The number of hydrogen-bond donors (Lipinski definition) is 2. The molecule has 0 aliphatic heterocycles. The number of pyridine rings is 1. The van der Waals surface area contributed by atoms with Crippen LogP contribution in [0.5, 0.6) is 0 Å². The van der Waals surface area contributed by atoms with Gasteiger partial charge in [-0.2, -0.15) is 8.42 Å². The summed E-state index contributed by atoms with van der Waals surface area (Å²) in [6, 6.07) is 2.98. The third kappa shape index (κ3) is 3.86. The Morgan fingerprint density at radius 1 is 1.33 bits per heavy atom. The molecule has 0 bridgehead atoms. The monoisotopic (exact) mass is 324 g/mol. The summed E-state index contributed by atoms with van der Waals surface area (Å²) >= 11 is 1.01. The van der Waals surface area contributed by atoms with Crippen molar-refractivity contribution in [2.24, 2.45) is 0 Å². The van der Waals surface area contributed by atoms with E-state index in [0.717, 1.165) is 11.3 Å². The second-order valence-corrected chi connectivity index (χ2v) is 6.82. The lowest BCUT2D eigenvalue weighted by Gasteiger charge is -2.07. The first-order chi connectivity index (χ1) is 9.88. The van der Waals surface area contributed by atoms with E-state index in [9.17, 15) is 13.2 Å². The minimum Gasteiger partial charge on any atom is -0.321 e. The van der Waals surface area contributed by atoms with E-state index in [1.54, 1.807) is 12.3 Å². The van der Waals surface area contributed by atoms with Crippen LogP contribution >= 0.6 is 11.3 Å². The molecule has 7 nitrogen and oxygen atoms in total. The van der Waals surface area contributed by atoms with Gasteiger partial charge in [0.2, 0.25) is 4.34 Å². The molecule has 2 rings (SSSR count). The second-order valence-electron chi connectivity index (χ2n) is 4.07. The Labute approximate surface area is 125 Å². The van der Waals surface area contributed by atoms with Crippen molar-refractivity contribution in [2.45, 2.75) is 11.3 Å². The van der Waals surface area contributed by atoms with Crippen LogP contribution in [0.2, 0.25) is 0 Å². The Bertz CT molecular complexity index is 752. The first-order valence-corrected chi connectivity index (χ1v) is 8.10. The molecule has 0 spiro atoms. The number of hydrogen-bond acceptors (Lipinski definition) is 6. The molecule has 0 aliphatic carbocycles. The highest BCUT2D eigenvalue weighted by Gasteiger charge is 2.17.